The zero-order valence-corrected chi connectivity index (χ0v) is 13.3. The summed E-state index contributed by atoms with van der Waals surface area (Å²) in [7, 11) is 0. The first-order valence-corrected chi connectivity index (χ1v) is 7.62. The fourth-order valence-electron chi connectivity index (χ4n) is 1.67. The molecule has 0 aliphatic heterocycles. The molecule has 0 bridgehead atoms. The number of rotatable bonds is 7. The molecular formula is C13H14N4O5S. The van der Waals surface area contributed by atoms with Crippen LogP contribution in [0.2, 0.25) is 0 Å². The van der Waals surface area contributed by atoms with E-state index >= 15 is 0 Å². The number of aromatic nitrogens is 2. The van der Waals surface area contributed by atoms with E-state index in [0.29, 0.717) is 18.2 Å². The molecule has 1 aromatic heterocycles. The quantitative estimate of drug-likeness (QED) is 0.464. The summed E-state index contributed by atoms with van der Waals surface area (Å²) in [6, 6.07) is 4.26. The van der Waals surface area contributed by atoms with Crippen molar-refractivity contribution in [1.82, 2.24) is 10.2 Å². The van der Waals surface area contributed by atoms with Gasteiger partial charge in [0.2, 0.25) is 11.8 Å². The van der Waals surface area contributed by atoms with Crippen molar-refractivity contribution in [3.05, 3.63) is 34.2 Å². The number of hydrogen-bond acceptors (Lipinski definition) is 8. The predicted molar refractivity (Wildman–Crippen MR) is 82.7 cm³/mol. The lowest BCUT2D eigenvalue weighted by Crippen LogP contribution is -2.15. The Hall–Kier alpha value is -2.62. The van der Waals surface area contributed by atoms with Crippen LogP contribution in [0, 0.1) is 17.0 Å². The summed E-state index contributed by atoms with van der Waals surface area (Å²) < 4.78 is 10.3. The van der Waals surface area contributed by atoms with E-state index in [1.807, 2.05) is 0 Å². The van der Waals surface area contributed by atoms with Gasteiger partial charge in [0.15, 0.2) is 0 Å². The largest absolute Gasteiger partial charge is 0.494 e. The molecule has 1 aromatic carbocycles. The fourth-order valence-corrected chi connectivity index (χ4v) is 2.28. The molecular weight excluding hydrogens is 324 g/mol. The number of anilines is 1. The number of nitrogens with zero attached hydrogens (tertiary/aromatic N) is 3. The molecule has 0 saturated heterocycles. The summed E-state index contributed by atoms with van der Waals surface area (Å²) in [6.45, 7) is 3.81. The summed E-state index contributed by atoms with van der Waals surface area (Å²) in [6.07, 6.45) is 0. The highest BCUT2D eigenvalue weighted by Crippen LogP contribution is 2.29. The number of carbonyl (C=O) groups excluding carboxylic acids is 1. The summed E-state index contributed by atoms with van der Waals surface area (Å²) in [5, 5.41) is 21.2. The van der Waals surface area contributed by atoms with E-state index in [1.165, 1.54) is 12.1 Å². The molecule has 9 nitrogen and oxygen atoms in total. The average molecular weight is 338 g/mol. The molecule has 1 amide bonds. The second-order valence-electron chi connectivity index (χ2n) is 4.29. The number of benzene rings is 1. The van der Waals surface area contributed by atoms with Crippen molar-refractivity contribution in [3.63, 3.8) is 0 Å². The van der Waals surface area contributed by atoms with E-state index in [2.05, 4.69) is 15.5 Å². The Kier molecular flexibility index (Phi) is 5.52. The zero-order valence-electron chi connectivity index (χ0n) is 12.4. The number of ether oxygens (including phenoxy) is 1. The molecule has 0 fully saturated rings. The van der Waals surface area contributed by atoms with Crippen molar-refractivity contribution in [2.45, 2.75) is 19.1 Å². The van der Waals surface area contributed by atoms with Gasteiger partial charge in [-0.1, -0.05) is 11.8 Å². The Morgan fingerprint density at radius 2 is 2.26 bits per heavy atom. The molecule has 0 radical (unpaired) electrons. The molecule has 0 saturated carbocycles. The smallest absolute Gasteiger partial charge is 0.296 e. The van der Waals surface area contributed by atoms with Gasteiger partial charge in [-0.2, -0.15) is 0 Å². The maximum atomic E-state index is 11.9. The number of amides is 1. The van der Waals surface area contributed by atoms with Gasteiger partial charge in [-0.25, -0.2) is 0 Å². The molecule has 2 rings (SSSR count). The molecule has 2 aromatic rings. The highest BCUT2D eigenvalue weighted by atomic mass is 32.2. The van der Waals surface area contributed by atoms with Crippen LogP contribution in [0.25, 0.3) is 0 Å². The van der Waals surface area contributed by atoms with E-state index in [1.54, 1.807) is 19.9 Å². The molecule has 0 spiro atoms. The van der Waals surface area contributed by atoms with Gasteiger partial charge in [-0.15, -0.1) is 10.2 Å². The highest BCUT2D eigenvalue weighted by molar-refractivity contribution is 7.99. The first kappa shape index (κ1) is 16.7. The fraction of sp³-hybridized carbons (Fsp3) is 0.308. The van der Waals surface area contributed by atoms with Gasteiger partial charge in [0.05, 0.1) is 23.3 Å². The van der Waals surface area contributed by atoms with Crippen LogP contribution in [0.15, 0.2) is 27.8 Å². The number of carbonyl (C=O) groups is 1. The molecule has 0 aliphatic carbocycles. The van der Waals surface area contributed by atoms with Gasteiger partial charge >= 0.3 is 0 Å². The number of thioether (sulfide) groups is 1. The van der Waals surface area contributed by atoms with Crippen molar-refractivity contribution < 1.29 is 18.9 Å². The second kappa shape index (κ2) is 7.58. The summed E-state index contributed by atoms with van der Waals surface area (Å²) in [4.78, 5) is 22.4. The normalized spacial score (nSPS) is 10.3. The molecule has 1 N–H and O–H groups in total. The van der Waals surface area contributed by atoms with Gasteiger partial charge in [0.25, 0.3) is 10.9 Å². The molecule has 0 unspecified atom stereocenters. The van der Waals surface area contributed by atoms with Crippen LogP contribution in [-0.4, -0.2) is 33.4 Å². The second-order valence-corrected chi connectivity index (χ2v) is 5.22. The van der Waals surface area contributed by atoms with Crippen LogP contribution in [0.5, 0.6) is 5.75 Å². The number of nitro groups is 1. The minimum Gasteiger partial charge on any atom is -0.494 e. The van der Waals surface area contributed by atoms with E-state index in [9.17, 15) is 14.9 Å². The third-order valence-electron chi connectivity index (χ3n) is 2.59. The Bertz CT molecular complexity index is 718. The summed E-state index contributed by atoms with van der Waals surface area (Å²) in [5.41, 5.74) is -0.131. The van der Waals surface area contributed by atoms with Crippen molar-refractivity contribution >= 4 is 29.0 Å². The van der Waals surface area contributed by atoms with Gasteiger partial charge in [-0.05, 0) is 19.1 Å². The van der Waals surface area contributed by atoms with Crippen LogP contribution in [0.3, 0.4) is 0 Å². The van der Waals surface area contributed by atoms with Crippen LogP contribution in [0.4, 0.5) is 11.4 Å². The molecule has 10 heteroatoms. The molecule has 0 aliphatic rings. The monoisotopic (exact) mass is 338 g/mol. The first-order chi connectivity index (χ1) is 11.0. The molecule has 23 heavy (non-hydrogen) atoms. The van der Waals surface area contributed by atoms with E-state index in [4.69, 9.17) is 9.15 Å². The number of hydrogen-bond donors (Lipinski definition) is 1. The Morgan fingerprint density at radius 1 is 1.48 bits per heavy atom. The Balaban J connectivity index is 2.03. The third kappa shape index (κ3) is 4.68. The lowest BCUT2D eigenvalue weighted by molar-refractivity contribution is -0.384. The lowest BCUT2D eigenvalue weighted by atomic mass is 10.2. The Labute approximate surface area is 135 Å². The maximum Gasteiger partial charge on any atom is 0.296 e. The lowest BCUT2D eigenvalue weighted by Gasteiger charge is -2.07. The van der Waals surface area contributed by atoms with Crippen molar-refractivity contribution in [1.29, 1.82) is 0 Å². The summed E-state index contributed by atoms with van der Waals surface area (Å²) in [5.74, 6) is 0.340. The first-order valence-electron chi connectivity index (χ1n) is 6.63. The van der Waals surface area contributed by atoms with E-state index < -0.39 is 10.8 Å². The minimum atomic E-state index is -0.577. The molecule has 122 valence electrons. The highest BCUT2D eigenvalue weighted by Gasteiger charge is 2.18. The SMILES string of the molecule is CCOc1ccc(NC(=O)CSc2nnc(C)o2)c([N+](=O)[O-])c1. The average Bonchev–Trinajstić information content (AvgIpc) is 2.92. The van der Waals surface area contributed by atoms with Crippen LogP contribution >= 0.6 is 11.8 Å². The van der Waals surface area contributed by atoms with Crippen molar-refractivity contribution in [2.75, 3.05) is 17.7 Å². The van der Waals surface area contributed by atoms with Gasteiger partial charge in [0.1, 0.15) is 11.4 Å². The zero-order chi connectivity index (χ0) is 16.8. The van der Waals surface area contributed by atoms with Gasteiger partial charge in [0, 0.05) is 6.92 Å². The number of nitro benzene ring substituents is 1. The van der Waals surface area contributed by atoms with Gasteiger partial charge in [-0.3, -0.25) is 14.9 Å². The number of aryl methyl sites for hydroxylation is 1. The van der Waals surface area contributed by atoms with Crippen molar-refractivity contribution in [3.8, 4) is 5.75 Å². The van der Waals surface area contributed by atoms with Crippen molar-refractivity contribution in [2.24, 2.45) is 0 Å². The van der Waals surface area contributed by atoms with Crippen LogP contribution < -0.4 is 10.1 Å². The maximum absolute atomic E-state index is 11.9. The molecule has 1 heterocycles. The Morgan fingerprint density at radius 3 is 2.87 bits per heavy atom. The topological polar surface area (TPSA) is 120 Å². The predicted octanol–water partition coefficient (Wildman–Crippen LogP) is 2.42. The third-order valence-corrected chi connectivity index (χ3v) is 3.40. The number of nitrogens with one attached hydrogen (secondary N) is 1. The van der Waals surface area contributed by atoms with E-state index in [-0.39, 0.29) is 22.4 Å². The van der Waals surface area contributed by atoms with Gasteiger partial charge < -0.3 is 14.5 Å². The van der Waals surface area contributed by atoms with Crippen LogP contribution in [-0.2, 0) is 4.79 Å². The van der Waals surface area contributed by atoms with Crippen LogP contribution in [0.1, 0.15) is 12.8 Å². The summed E-state index contributed by atoms with van der Waals surface area (Å²) >= 11 is 1.05. The van der Waals surface area contributed by atoms with E-state index in [0.717, 1.165) is 11.8 Å². The molecule has 0 atom stereocenters. The standard InChI is InChI=1S/C13H14N4O5S/c1-3-21-9-4-5-10(11(6-9)17(19)20)14-12(18)7-23-13-16-15-8(2)22-13/h4-6H,3,7H2,1-2H3,(H,14,18). The minimum absolute atomic E-state index is 0.00794.